The molecule has 0 saturated heterocycles. The zero-order valence-electron chi connectivity index (χ0n) is 11.4. The van der Waals surface area contributed by atoms with Crippen molar-refractivity contribution in [1.82, 2.24) is 15.4 Å². The van der Waals surface area contributed by atoms with Gasteiger partial charge in [0.2, 0.25) is 10.0 Å². The molecule has 9 heteroatoms. The third kappa shape index (κ3) is 6.23. The quantitative estimate of drug-likeness (QED) is 0.551. The van der Waals surface area contributed by atoms with E-state index in [0.29, 0.717) is 5.56 Å². The first-order valence-corrected chi connectivity index (χ1v) is 7.74. The maximum atomic E-state index is 11.5. The number of carboxylic acids is 1. The van der Waals surface area contributed by atoms with Crippen LogP contribution in [0.15, 0.2) is 24.3 Å². The minimum absolute atomic E-state index is 0.0236. The molecule has 0 unspecified atom stereocenters. The largest absolute Gasteiger partial charge is 0.478 e. The van der Waals surface area contributed by atoms with Gasteiger partial charge in [-0.2, -0.15) is 0 Å². The van der Waals surface area contributed by atoms with E-state index in [-0.39, 0.29) is 24.4 Å². The van der Waals surface area contributed by atoms with Gasteiger partial charge in [-0.1, -0.05) is 12.1 Å². The Balaban J connectivity index is 2.40. The van der Waals surface area contributed by atoms with Crippen molar-refractivity contribution in [2.24, 2.45) is 0 Å². The Kier molecular flexibility index (Phi) is 6.12. The normalized spacial score (nSPS) is 10.9. The Hall–Kier alpha value is -2.13. The second kappa shape index (κ2) is 7.60. The number of hydrogen-bond acceptors (Lipinski definition) is 4. The van der Waals surface area contributed by atoms with E-state index in [1.54, 1.807) is 12.1 Å². The van der Waals surface area contributed by atoms with E-state index < -0.39 is 22.0 Å². The lowest BCUT2D eigenvalue weighted by atomic mass is 10.1. The highest BCUT2D eigenvalue weighted by atomic mass is 32.2. The Labute approximate surface area is 122 Å². The molecular weight excluding hydrogens is 298 g/mol. The van der Waals surface area contributed by atoms with Crippen LogP contribution < -0.4 is 15.4 Å². The van der Waals surface area contributed by atoms with Gasteiger partial charge in [0.1, 0.15) is 0 Å². The highest BCUT2D eigenvalue weighted by Gasteiger charge is 2.08. The van der Waals surface area contributed by atoms with Gasteiger partial charge in [0, 0.05) is 13.1 Å². The molecule has 0 bridgehead atoms. The number of nitrogens with one attached hydrogen (secondary N) is 3. The van der Waals surface area contributed by atoms with Crippen molar-refractivity contribution in [1.29, 1.82) is 0 Å². The summed E-state index contributed by atoms with van der Waals surface area (Å²) in [6.07, 6.45) is 0. The maximum Gasteiger partial charge on any atom is 0.335 e. The summed E-state index contributed by atoms with van der Waals surface area (Å²) in [4.78, 5) is 22.2. The van der Waals surface area contributed by atoms with Crippen molar-refractivity contribution in [2.45, 2.75) is 6.54 Å². The fourth-order valence-electron chi connectivity index (χ4n) is 1.46. The predicted molar refractivity (Wildman–Crippen MR) is 76.5 cm³/mol. The zero-order chi connectivity index (χ0) is 15.9. The molecule has 0 saturated carbocycles. The standard InChI is InChI=1S/C12H17N3O5S/c1-13-21(19,20)6-5-14-12(18)15-8-9-3-2-4-10(7-9)11(16)17/h2-4,7,13H,5-6,8H2,1H3,(H,16,17)(H2,14,15,18). The Bertz CT molecular complexity index is 615. The molecule has 0 aliphatic heterocycles. The van der Waals surface area contributed by atoms with Crippen LogP contribution in [-0.4, -0.2) is 44.9 Å². The molecule has 0 aromatic heterocycles. The topological polar surface area (TPSA) is 125 Å². The smallest absolute Gasteiger partial charge is 0.335 e. The van der Waals surface area contributed by atoms with Gasteiger partial charge >= 0.3 is 12.0 Å². The van der Waals surface area contributed by atoms with Gasteiger partial charge in [-0.15, -0.1) is 0 Å². The van der Waals surface area contributed by atoms with Gasteiger partial charge in [0.05, 0.1) is 11.3 Å². The van der Waals surface area contributed by atoms with E-state index in [9.17, 15) is 18.0 Å². The lowest BCUT2D eigenvalue weighted by Gasteiger charge is -2.08. The summed E-state index contributed by atoms with van der Waals surface area (Å²) in [6.45, 7) is 0.121. The summed E-state index contributed by atoms with van der Waals surface area (Å²) in [6, 6.07) is 5.64. The van der Waals surface area contributed by atoms with E-state index >= 15 is 0 Å². The van der Waals surface area contributed by atoms with Gasteiger partial charge in [-0.05, 0) is 24.7 Å². The molecule has 0 atom stereocenters. The van der Waals surface area contributed by atoms with Crippen molar-refractivity contribution >= 4 is 22.0 Å². The summed E-state index contributed by atoms with van der Waals surface area (Å²) in [7, 11) is -2.06. The van der Waals surface area contributed by atoms with E-state index in [0.717, 1.165) is 0 Å². The Morgan fingerprint density at radius 3 is 2.57 bits per heavy atom. The summed E-state index contributed by atoms with van der Waals surface area (Å²) >= 11 is 0. The highest BCUT2D eigenvalue weighted by molar-refractivity contribution is 7.89. The molecule has 0 aliphatic carbocycles. The summed E-state index contributed by atoms with van der Waals surface area (Å²) in [5, 5.41) is 13.7. The molecule has 0 radical (unpaired) electrons. The fourth-order valence-corrected chi connectivity index (χ4v) is 2.04. The number of benzene rings is 1. The molecule has 4 N–H and O–H groups in total. The molecule has 116 valence electrons. The fraction of sp³-hybridized carbons (Fsp3) is 0.333. The molecule has 0 fully saturated rings. The van der Waals surface area contributed by atoms with Crippen molar-refractivity contribution < 1.29 is 23.1 Å². The summed E-state index contributed by atoms with van der Waals surface area (Å²) in [5.41, 5.74) is 0.766. The number of rotatable bonds is 7. The number of urea groups is 1. The third-order valence-corrected chi connectivity index (χ3v) is 3.96. The van der Waals surface area contributed by atoms with Crippen molar-refractivity contribution in [3.63, 3.8) is 0 Å². The van der Waals surface area contributed by atoms with Crippen molar-refractivity contribution in [3.8, 4) is 0 Å². The Morgan fingerprint density at radius 1 is 1.24 bits per heavy atom. The number of carbonyl (C=O) groups excluding carboxylic acids is 1. The van der Waals surface area contributed by atoms with Crippen LogP contribution in [0.25, 0.3) is 0 Å². The molecule has 0 aliphatic rings. The minimum Gasteiger partial charge on any atom is -0.478 e. The SMILES string of the molecule is CNS(=O)(=O)CCNC(=O)NCc1cccc(C(=O)O)c1. The van der Waals surface area contributed by atoms with Crippen LogP contribution >= 0.6 is 0 Å². The van der Waals surface area contributed by atoms with Gasteiger partial charge < -0.3 is 15.7 Å². The Morgan fingerprint density at radius 2 is 1.95 bits per heavy atom. The number of hydrogen-bond donors (Lipinski definition) is 4. The van der Waals surface area contributed by atoms with E-state index in [1.165, 1.54) is 19.2 Å². The number of aromatic carboxylic acids is 1. The van der Waals surface area contributed by atoms with E-state index in [2.05, 4.69) is 15.4 Å². The van der Waals surface area contributed by atoms with Crippen LogP contribution in [0.4, 0.5) is 4.79 Å². The minimum atomic E-state index is -3.36. The summed E-state index contributed by atoms with van der Waals surface area (Å²) in [5.74, 6) is -1.26. The molecule has 21 heavy (non-hydrogen) atoms. The average molecular weight is 315 g/mol. The molecule has 0 spiro atoms. The molecule has 1 rings (SSSR count). The van der Waals surface area contributed by atoms with Gasteiger partial charge in [-0.25, -0.2) is 22.7 Å². The van der Waals surface area contributed by atoms with Crippen molar-refractivity contribution in [3.05, 3.63) is 35.4 Å². The average Bonchev–Trinajstić information content (AvgIpc) is 2.45. The zero-order valence-corrected chi connectivity index (χ0v) is 12.2. The van der Waals surface area contributed by atoms with E-state index in [4.69, 9.17) is 5.11 Å². The van der Waals surface area contributed by atoms with Crippen LogP contribution in [0.5, 0.6) is 0 Å². The lowest BCUT2D eigenvalue weighted by molar-refractivity contribution is 0.0696. The number of sulfonamides is 1. The first-order valence-electron chi connectivity index (χ1n) is 6.09. The second-order valence-electron chi connectivity index (χ2n) is 4.14. The van der Waals surface area contributed by atoms with Gasteiger partial charge in [0.25, 0.3) is 0 Å². The summed E-state index contributed by atoms with van der Waals surface area (Å²) < 4.78 is 24.4. The molecule has 1 aromatic rings. The monoisotopic (exact) mass is 315 g/mol. The third-order valence-electron chi connectivity index (χ3n) is 2.59. The number of amides is 2. The lowest BCUT2D eigenvalue weighted by Crippen LogP contribution is -2.39. The number of carboxylic acid groups (broad SMARTS) is 1. The van der Waals surface area contributed by atoms with Crippen LogP contribution in [0.1, 0.15) is 15.9 Å². The van der Waals surface area contributed by atoms with Crippen LogP contribution in [0.3, 0.4) is 0 Å². The molecule has 8 nitrogen and oxygen atoms in total. The first-order chi connectivity index (χ1) is 9.84. The number of carbonyl (C=O) groups is 2. The van der Waals surface area contributed by atoms with Crippen LogP contribution in [-0.2, 0) is 16.6 Å². The van der Waals surface area contributed by atoms with Crippen LogP contribution in [0.2, 0.25) is 0 Å². The maximum absolute atomic E-state index is 11.5. The van der Waals surface area contributed by atoms with Gasteiger partial charge in [-0.3, -0.25) is 0 Å². The first kappa shape index (κ1) is 16.9. The predicted octanol–water partition coefficient (Wildman–Crippen LogP) is -0.267. The molecule has 1 aromatic carbocycles. The van der Waals surface area contributed by atoms with Crippen LogP contribution in [0, 0.1) is 0 Å². The van der Waals surface area contributed by atoms with E-state index in [1.807, 2.05) is 0 Å². The highest BCUT2D eigenvalue weighted by Crippen LogP contribution is 2.04. The molecule has 0 heterocycles. The van der Waals surface area contributed by atoms with Gasteiger partial charge in [0.15, 0.2) is 0 Å². The second-order valence-corrected chi connectivity index (χ2v) is 6.18. The molecule has 2 amide bonds. The molecular formula is C12H17N3O5S. The van der Waals surface area contributed by atoms with Crippen molar-refractivity contribution in [2.75, 3.05) is 19.3 Å².